The molecule has 21 heavy (non-hydrogen) atoms. The number of benzene rings is 1. The minimum atomic E-state index is -0.341. The first-order valence-corrected chi connectivity index (χ1v) is 7.36. The van der Waals surface area contributed by atoms with Crippen molar-refractivity contribution in [2.24, 2.45) is 0 Å². The Labute approximate surface area is 127 Å². The lowest BCUT2D eigenvalue weighted by Gasteiger charge is -1.96. The normalized spacial score (nSPS) is 11.0. The van der Waals surface area contributed by atoms with E-state index in [-0.39, 0.29) is 5.97 Å². The molecule has 0 spiro atoms. The van der Waals surface area contributed by atoms with E-state index in [1.807, 2.05) is 36.4 Å². The van der Waals surface area contributed by atoms with Gasteiger partial charge in [0.05, 0.1) is 6.61 Å². The summed E-state index contributed by atoms with van der Waals surface area (Å²) < 4.78 is 4.88. The Morgan fingerprint density at radius 3 is 2.62 bits per heavy atom. The second-order valence-corrected chi connectivity index (χ2v) is 4.50. The first-order valence-electron chi connectivity index (χ1n) is 7.36. The number of unbranched alkanes of at least 4 members (excludes halogenated alkanes) is 2. The van der Waals surface area contributed by atoms with E-state index in [0.717, 1.165) is 30.4 Å². The van der Waals surface area contributed by atoms with Crippen LogP contribution in [0.3, 0.4) is 0 Å². The minimum Gasteiger partial charge on any atom is -0.463 e. The van der Waals surface area contributed by atoms with Crippen LogP contribution in [0.1, 0.15) is 38.7 Å². The fourth-order valence-electron chi connectivity index (χ4n) is 1.63. The van der Waals surface area contributed by atoms with Gasteiger partial charge in [0.15, 0.2) is 0 Å². The van der Waals surface area contributed by atoms with E-state index >= 15 is 0 Å². The van der Waals surface area contributed by atoms with Crippen molar-refractivity contribution in [3.8, 4) is 11.8 Å². The number of rotatable bonds is 6. The molecule has 2 nitrogen and oxygen atoms in total. The number of carbonyl (C=O) groups is 1. The number of ether oxygens (including phenoxy) is 1. The molecule has 0 aliphatic heterocycles. The van der Waals surface area contributed by atoms with Crippen LogP contribution in [0.4, 0.5) is 0 Å². The predicted molar refractivity (Wildman–Crippen MR) is 87.5 cm³/mol. The van der Waals surface area contributed by atoms with Gasteiger partial charge in [-0.25, -0.2) is 4.79 Å². The molecule has 0 bridgehead atoms. The van der Waals surface area contributed by atoms with E-state index < -0.39 is 0 Å². The molecule has 1 rings (SSSR count). The average Bonchev–Trinajstić information content (AvgIpc) is 2.50. The molecule has 0 aliphatic carbocycles. The summed E-state index contributed by atoms with van der Waals surface area (Å²) in [5.41, 5.74) is 1.87. The lowest BCUT2D eigenvalue weighted by Crippen LogP contribution is -1.98. The van der Waals surface area contributed by atoms with Crippen LogP contribution >= 0.6 is 0 Å². The summed E-state index contributed by atoms with van der Waals surface area (Å²) in [4.78, 5) is 11.4. The molecule has 0 fully saturated rings. The highest BCUT2D eigenvalue weighted by atomic mass is 16.5. The highest BCUT2D eigenvalue weighted by molar-refractivity contribution is 5.83. The lowest BCUT2D eigenvalue weighted by atomic mass is 10.1. The molecule has 0 atom stereocenters. The molecule has 0 saturated heterocycles. The molecule has 1 aromatic carbocycles. The zero-order chi connectivity index (χ0) is 15.3. The fraction of sp³-hybridized carbons (Fsp3) is 0.316. The molecule has 0 saturated carbocycles. The summed E-state index contributed by atoms with van der Waals surface area (Å²) in [6, 6.07) is 9.93. The van der Waals surface area contributed by atoms with Crippen LogP contribution in [-0.2, 0) is 9.53 Å². The maximum Gasteiger partial charge on any atom is 0.330 e. The molecule has 0 N–H and O–H groups in total. The van der Waals surface area contributed by atoms with Gasteiger partial charge in [0.25, 0.3) is 0 Å². The second kappa shape index (κ2) is 10.5. The Balaban J connectivity index is 2.86. The number of carbonyl (C=O) groups excluding carboxylic acids is 1. The lowest BCUT2D eigenvalue weighted by molar-refractivity contribution is -0.137. The quantitative estimate of drug-likeness (QED) is 0.254. The van der Waals surface area contributed by atoms with Crippen LogP contribution < -0.4 is 0 Å². The van der Waals surface area contributed by atoms with Crippen molar-refractivity contribution in [1.82, 2.24) is 0 Å². The molecule has 0 aliphatic rings. The summed E-state index contributed by atoms with van der Waals surface area (Å²) in [6.07, 6.45) is 8.19. The van der Waals surface area contributed by atoms with Crippen molar-refractivity contribution < 1.29 is 9.53 Å². The van der Waals surface area contributed by atoms with Crippen molar-refractivity contribution in [1.29, 1.82) is 0 Å². The zero-order valence-corrected chi connectivity index (χ0v) is 12.8. The van der Waals surface area contributed by atoms with E-state index in [1.165, 1.54) is 6.08 Å². The maximum absolute atomic E-state index is 11.4. The maximum atomic E-state index is 11.4. The Hall–Kier alpha value is -2.27. The van der Waals surface area contributed by atoms with Gasteiger partial charge < -0.3 is 4.74 Å². The molecule has 0 radical (unpaired) electrons. The van der Waals surface area contributed by atoms with Crippen LogP contribution in [0.2, 0.25) is 0 Å². The summed E-state index contributed by atoms with van der Waals surface area (Å²) in [6.45, 7) is 4.31. The summed E-state index contributed by atoms with van der Waals surface area (Å²) >= 11 is 0. The van der Waals surface area contributed by atoms with Crippen molar-refractivity contribution in [3.05, 3.63) is 53.6 Å². The van der Waals surface area contributed by atoms with Gasteiger partial charge in [-0.05, 0) is 31.1 Å². The van der Waals surface area contributed by atoms with Gasteiger partial charge in [-0.1, -0.05) is 55.5 Å². The Bertz CT molecular complexity index is 542. The molecule has 0 amide bonds. The van der Waals surface area contributed by atoms with Crippen LogP contribution in [-0.4, -0.2) is 12.6 Å². The summed E-state index contributed by atoms with van der Waals surface area (Å²) in [5, 5.41) is 0. The second-order valence-electron chi connectivity index (χ2n) is 4.50. The standard InChI is InChI=1S/C19H22O2/c1-3-5-6-8-13-18(14-15-19(20)21-4-2)16-17-11-9-7-10-12-17/h7,9-12,14-16H,3-6H2,1-2H3/b15-14-,18-16+. The van der Waals surface area contributed by atoms with Gasteiger partial charge in [-0.2, -0.15) is 0 Å². The smallest absolute Gasteiger partial charge is 0.330 e. The highest BCUT2D eigenvalue weighted by Crippen LogP contribution is 2.07. The first kappa shape index (κ1) is 16.8. The topological polar surface area (TPSA) is 26.3 Å². The molecule has 1 aromatic rings. The Morgan fingerprint density at radius 1 is 1.19 bits per heavy atom. The van der Waals surface area contributed by atoms with E-state index in [0.29, 0.717) is 6.61 Å². The van der Waals surface area contributed by atoms with Crippen LogP contribution in [0, 0.1) is 11.8 Å². The SMILES string of the molecule is CCCCC#CC(/C=C\C(=O)OCC)=C\c1ccccc1. The third-order valence-corrected chi connectivity index (χ3v) is 2.70. The van der Waals surface area contributed by atoms with Crippen molar-refractivity contribution in [3.63, 3.8) is 0 Å². The molecule has 2 heteroatoms. The minimum absolute atomic E-state index is 0.341. The number of esters is 1. The third-order valence-electron chi connectivity index (χ3n) is 2.70. The van der Waals surface area contributed by atoms with Gasteiger partial charge in [0.2, 0.25) is 0 Å². The van der Waals surface area contributed by atoms with Crippen molar-refractivity contribution in [2.75, 3.05) is 6.61 Å². The Kier molecular flexibility index (Phi) is 8.40. The molecular weight excluding hydrogens is 260 g/mol. The van der Waals surface area contributed by atoms with Gasteiger partial charge in [0.1, 0.15) is 0 Å². The third kappa shape index (κ3) is 7.79. The van der Waals surface area contributed by atoms with E-state index in [2.05, 4.69) is 18.8 Å². The average molecular weight is 282 g/mol. The van der Waals surface area contributed by atoms with Crippen molar-refractivity contribution >= 4 is 12.0 Å². The predicted octanol–water partition coefficient (Wildman–Crippen LogP) is 4.38. The van der Waals surface area contributed by atoms with Gasteiger partial charge in [-0.15, -0.1) is 0 Å². The number of hydrogen-bond acceptors (Lipinski definition) is 2. The molecule has 0 heterocycles. The summed E-state index contributed by atoms with van der Waals surface area (Å²) in [7, 11) is 0. The largest absolute Gasteiger partial charge is 0.463 e. The summed E-state index contributed by atoms with van der Waals surface area (Å²) in [5.74, 6) is 5.92. The van der Waals surface area contributed by atoms with E-state index in [4.69, 9.17) is 4.74 Å². The van der Waals surface area contributed by atoms with Crippen LogP contribution in [0.5, 0.6) is 0 Å². The number of hydrogen-bond donors (Lipinski definition) is 0. The fourth-order valence-corrected chi connectivity index (χ4v) is 1.63. The molecule has 110 valence electrons. The molecular formula is C19H22O2. The van der Waals surface area contributed by atoms with Gasteiger partial charge in [-0.3, -0.25) is 0 Å². The highest BCUT2D eigenvalue weighted by Gasteiger charge is 1.95. The van der Waals surface area contributed by atoms with Gasteiger partial charge >= 0.3 is 5.97 Å². The Morgan fingerprint density at radius 2 is 1.95 bits per heavy atom. The van der Waals surface area contributed by atoms with E-state index in [1.54, 1.807) is 13.0 Å². The first-order chi connectivity index (χ1) is 10.3. The van der Waals surface area contributed by atoms with Crippen LogP contribution in [0.15, 0.2) is 48.1 Å². The van der Waals surface area contributed by atoms with Gasteiger partial charge in [0, 0.05) is 18.1 Å². The molecule has 0 aromatic heterocycles. The molecule has 0 unspecified atom stereocenters. The van der Waals surface area contributed by atoms with Crippen LogP contribution in [0.25, 0.3) is 6.08 Å². The monoisotopic (exact) mass is 282 g/mol. The zero-order valence-electron chi connectivity index (χ0n) is 12.8. The van der Waals surface area contributed by atoms with Crippen molar-refractivity contribution in [2.45, 2.75) is 33.1 Å². The number of allylic oxidation sites excluding steroid dienone is 2. The van der Waals surface area contributed by atoms with E-state index in [9.17, 15) is 4.79 Å².